The van der Waals surface area contributed by atoms with Crippen LogP contribution in [0.5, 0.6) is 0 Å². The first-order valence-corrected chi connectivity index (χ1v) is 7.20. The monoisotopic (exact) mass is 249 g/mol. The molecule has 3 heterocycles. The molecule has 2 fully saturated rings. The van der Waals surface area contributed by atoms with E-state index >= 15 is 0 Å². The molecule has 0 saturated carbocycles. The minimum atomic E-state index is -0.224. The van der Waals surface area contributed by atoms with Crippen LogP contribution in [0.4, 0.5) is 0 Å². The minimum absolute atomic E-state index is 0.139. The summed E-state index contributed by atoms with van der Waals surface area (Å²) < 4.78 is 12.3. The van der Waals surface area contributed by atoms with Crippen molar-refractivity contribution in [3.05, 3.63) is 11.5 Å². The van der Waals surface area contributed by atoms with Gasteiger partial charge in [0.05, 0.1) is 11.2 Å². The lowest BCUT2D eigenvalue weighted by atomic mass is 9.70. The van der Waals surface area contributed by atoms with Crippen molar-refractivity contribution in [2.75, 3.05) is 0 Å². The Bertz CT molecular complexity index is 362. The zero-order valence-corrected chi connectivity index (χ0v) is 12.0. The fourth-order valence-corrected chi connectivity index (χ4v) is 3.13. The number of nitrogens with one attached hydrogen (secondary N) is 1. The Hall–Kier alpha value is -0.315. The van der Waals surface area contributed by atoms with Gasteiger partial charge in [-0.25, -0.2) is 0 Å². The molecule has 2 saturated heterocycles. The van der Waals surface area contributed by atoms with E-state index in [1.165, 1.54) is 24.7 Å². The molecule has 3 aliphatic heterocycles. The summed E-state index contributed by atoms with van der Waals surface area (Å²) in [6, 6.07) is 1.16. The maximum atomic E-state index is 6.15. The van der Waals surface area contributed by atoms with E-state index in [9.17, 15) is 0 Å². The molecule has 3 nitrogen and oxygen atoms in total. The van der Waals surface area contributed by atoms with Gasteiger partial charge in [-0.1, -0.05) is 12.5 Å². The predicted molar refractivity (Wildman–Crippen MR) is 73.3 cm³/mol. The highest BCUT2D eigenvalue weighted by atomic mass is 16.7. The molecular formula is C14H24BNO2. The van der Waals surface area contributed by atoms with Crippen LogP contribution in [0.1, 0.15) is 53.4 Å². The second-order valence-electron chi connectivity index (χ2n) is 6.93. The molecule has 0 aromatic carbocycles. The molecule has 100 valence electrons. The third-order valence-corrected chi connectivity index (χ3v) is 4.97. The van der Waals surface area contributed by atoms with Crippen molar-refractivity contribution >= 4 is 7.12 Å². The Morgan fingerprint density at radius 3 is 2.44 bits per heavy atom. The van der Waals surface area contributed by atoms with Crippen LogP contribution in [0.2, 0.25) is 0 Å². The smallest absolute Gasteiger partial charge is 0.400 e. The molecule has 0 aromatic rings. The summed E-state index contributed by atoms with van der Waals surface area (Å²) in [6.07, 6.45) is 7.30. The van der Waals surface area contributed by atoms with Crippen molar-refractivity contribution in [2.45, 2.75) is 76.7 Å². The molecule has 2 unspecified atom stereocenters. The van der Waals surface area contributed by atoms with Crippen LogP contribution in [0.25, 0.3) is 0 Å². The van der Waals surface area contributed by atoms with Gasteiger partial charge in [-0.15, -0.1) is 0 Å². The van der Waals surface area contributed by atoms with Crippen LogP contribution in [-0.2, 0) is 9.31 Å². The minimum Gasteiger partial charge on any atom is -0.400 e. The van der Waals surface area contributed by atoms with Crippen molar-refractivity contribution in [1.82, 2.24) is 5.32 Å². The van der Waals surface area contributed by atoms with Crippen LogP contribution in [0, 0.1) is 0 Å². The molecule has 0 aliphatic carbocycles. The summed E-state index contributed by atoms with van der Waals surface area (Å²) in [4.78, 5) is 0. The average Bonchev–Trinajstić information content (AvgIpc) is 2.47. The van der Waals surface area contributed by atoms with Crippen molar-refractivity contribution < 1.29 is 9.31 Å². The number of hydrogen-bond donors (Lipinski definition) is 1. The molecule has 0 aromatic heterocycles. The van der Waals surface area contributed by atoms with Gasteiger partial charge in [0.15, 0.2) is 0 Å². The largest absolute Gasteiger partial charge is 0.490 e. The zero-order valence-electron chi connectivity index (χ0n) is 12.0. The summed E-state index contributed by atoms with van der Waals surface area (Å²) in [6.45, 7) is 8.48. The van der Waals surface area contributed by atoms with Gasteiger partial charge in [-0.05, 0) is 52.4 Å². The van der Waals surface area contributed by atoms with Crippen molar-refractivity contribution in [1.29, 1.82) is 0 Å². The van der Waals surface area contributed by atoms with E-state index in [2.05, 4.69) is 39.1 Å². The second-order valence-corrected chi connectivity index (χ2v) is 6.93. The van der Waals surface area contributed by atoms with Gasteiger partial charge in [0.1, 0.15) is 0 Å². The van der Waals surface area contributed by atoms with Gasteiger partial charge < -0.3 is 14.6 Å². The summed E-state index contributed by atoms with van der Waals surface area (Å²) in [5.74, 6) is 0. The van der Waals surface area contributed by atoms with Crippen molar-refractivity contribution in [2.24, 2.45) is 0 Å². The average molecular weight is 249 g/mol. The van der Waals surface area contributed by atoms with Crippen LogP contribution in [-0.4, -0.2) is 30.4 Å². The van der Waals surface area contributed by atoms with E-state index in [1.54, 1.807) is 0 Å². The normalized spacial score (nSPS) is 37.6. The van der Waals surface area contributed by atoms with E-state index in [1.807, 2.05) is 0 Å². The van der Waals surface area contributed by atoms with Crippen LogP contribution in [0.3, 0.4) is 0 Å². The fourth-order valence-electron chi connectivity index (χ4n) is 3.13. The topological polar surface area (TPSA) is 30.5 Å². The van der Waals surface area contributed by atoms with Gasteiger partial charge in [0.2, 0.25) is 0 Å². The Morgan fingerprint density at radius 1 is 1.17 bits per heavy atom. The SMILES string of the molecule is CC1(C)OB(C2=CC3CCCC(C2)N3)OC1(C)C. The van der Waals surface area contributed by atoms with E-state index in [0.717, 1.165) is 6.42 Å². The van der Waals surface area contributed by atoms with E-state index < -0.39 is 0 Å². The van der Waals surface area contributed by atoms with E-state index in [4.69, 9.17) is 9.31 Å². The maximum absolute atomic E-state index is 6.15. The van der Waals surface area contributed by atoms with E-state index in [0.29, 0.717) is 12.1 Å². The quantitative estimate of drug-likeness (QED) is 0.724. The molecule has 2 atom stereocenters. The molecule has 2 bridgehead atoms. The van der Waals surface area contributed by atoms with Gasteiger partial charge >= 0.3 is 7.12 Å². The lowest BCUT2D eigenvalue weighted by Gasteiger charge is -2.35. The number of fused-ring (bicyclic) bond motifs is 2. The van der Waals surface area contributed by atoms with Gasteiger partial charge in [-0.2, -0.15) is 0 Å². The number of piperidine rings is 1. The first-order chi connectivity index (χ1) is 8.37. The Labute approximate surface area is 110 Å². The van der Waals surface area contributed by atoms with Crippen LogP contribution in [0.15, 0.2) is 11.5 Å². The first kappa shape index (κ1) is 12.7. The highest BCUT2D eigenvalue weighted by Crippen LogP contribution is 2.40. The lowest BCUT2D eigenvalue weighted by Crippen LogP contribution is -2.46. The van der Waals surface area contributed by atoms with Crippen molar-refractivity contribution in [3.8, 4) is 0 Å². The molecule has 18 heavy (non-hydrogen) atoms. The zero-order chi connectivity index (χ0) is 13.0. The summed E-state index contributed by atoms with van der Waals surface area (Å²) in [5, 5.41) is 3.66. The molecule has 4 heteroatoms. The number of hydrogen-bond acceptors (Lipinski definition) is 3. The molecule has 0 radical (unpaired) electrons. The number of rotatable bonds is 1. The van der Waals surface area contributed by atoms with Crippen LogP contribution >= 0.6 is 0 Å². The fraction of sp³-hybridized carbons (Fsp3) is 0.857. The molecule has 3 aliphatic rings. The van der Waals surface area contributed by atoms with Gasteiger partial charge in [0, 0.05) is 12.1 Å². The van der Waals surface area contributed by atoms with Crippen molar-refractivity contribution in [3.63, 3.8) is 0 Å². The summed E-state index contributed by atoms with van der Waals surface area (Å²) >= 11 is 0. The van der Waals surface area contributed by atoms with Crippen LogP contribution < -0.4 is 5.32 Å². The molecule has 3 rings (SSSR count). The Balaban J connectivity index is 1.79. The summed E-state index contributed by atoms with van der Waals surface area (Å²) in [5.41, 5.74) is 0.902. The third-order valence-electron chi connectivity index (χ3n) is 4.97. The molecule has 0 amide bonds. The third kappa shape index (κ3) is 2.04. The van der Waals surface area contributed by atoms with Gasteiger partial charge in [0.25, 0.3) is 0 Å². The highest BCUT2D eigenvalue weighted by Gasteiger charge is 2.52. The highest BCUT2D eigenvalue weighted by molar-refractivity contribution is 6.54. The first-order valence-electron chi connectivity index (χ1n) is 7.20. The maximum Gasteiger partial charge on any atom is 0.490 e. The van der Waals surface area contributed by atoms with Gasteiger partial charge in [-0.3, -0.25) is 0 Å². The predicted octanol–water partition coefficient (Wildman–Crippen LogP) is 2.46. The standard InChI is InChI=1S/C14H24BNO2/c1-13(2)14(3,4)18-15(17-13)10-8-11-6-5-7-12(9-10)16-11/h8,11-12,16H,5-7,9H2,1-4H3. The second kappa shape index (κ2) is 4.09. The summed E-state index contributed by atoms with van der Waals surface area (Å²) in [7, 11) is -0.139. The Morgan fingerprint density at radius 2 is 1.83 bits per heavy atom. The molecule has 1 N–H and O–H groups in total. The molecule has 0 spiro atoms. The Kier molecular flexibility index (Phi) is 2.89. The van der Waals surface area contributed by atoms with E-state index in [-0.39, 0.29) is 18.3 Å². The lowest BCUT2D eigenvalue weighted by molar-refractivity contribution is 0.00578. The molecular weight excluding hydrogens is 225 g/mol.